The Bertz CT molecular complexity index is 349. The van der Waals surface area contributed by atoms with Gasteiger partial charge in [-0.05, 0) is 24.3 Å². The SMILES string of the molecule is Fc1cccc(NC2=CCOCC2)c1. The number of anilines is 1. The summed E-state index contributed by atoms with van der Waals surface area (Å²) in [7, 11) is 0. The van der Waals surface area contributed by atoms with Crippen LogP contribution < -0.4 is 5.32 Å². The number of nitrogens with one attached hydrogen (secondary N) is 1. The van der Waals surface area contributed by atoms with E-state index in [-0.39, 0.29) is 5.82 Å². The maximum absolute atomic E-state index is 12.8. The van der Waals surface area contributed by atoms with Crippen LogP contribution in [0.5, 0.6) is 0 Å². The van der Waals surface area contributed by atoms with Gasteiger partial charge in [0.15, 0.2) is 0 Å². The molecule has 1 aliphatic heterocycles. The van der Waals surface area contributed by atoms with E-state index in [9.17, 15) is 4.39 Å². The molecular formula is C11H12FNO. The topological polar surface area (TPSA) is 21.3 Å². The first kappa shape index (κ1) is 9.21. The summed E-state index contributed by atoms with van der Waals surface area (Å²) >= 11 is 0. The van der Waals surface area contributed by atoms with Crippen LogP contribution in [0.4, 0.5) is 10.1 Å². The molecular weight excluding hydrogens is 181 g/mol. The van der Waals surface area contributed by atoms with Crippen LogP contribution in [0, 0.1) is 5.82 Å². The average Bonchev–Trinajstić information content (AvgIpc) is 2.19. The summed E-state index contributed by atoms with van der Waals surface area (Å²) in [4.78, 5) is 0. The molecule has 0 aromatic heterocycles. The zero-order valence-corrected chi connectivity index (χ0v) is 7.79. The molecule has 2 nitrogen and oxygen atoms in total. The second-order valence-corrected chi connectivity index (χ2v) is 3.19. The molecule has 0 aliphatic carbocycles. The highest BCUT2D eigenvalue weighted by molar-refractivity contribution is 5.48. The molecule has 3 heteroatoms. The Morgan fingerprint density at radius 3 is 3.00 bits per heavy atom. The minimum Gasteiger partial charge on any atom is -0.377 e. The minimum absolute atomic E-state index is 0.220. The lowest BCUT2D eigenvalue weighted by atomic mass is 10.2. The van der Waals surface area contributed by atoms with Crippen LogP contribution in [0.15, 0.2) is 36.0 Å². The van der Waals surface area contributed by atoms with Gasteiger partial charge in [0.05, 0.1) is 13.2 Å². The van der Waals surface area contributed by atoms with Crippen LogP contribution in [0.25, 0.3) is 0 Å². The number of ether oxygens (including phenoxy) is 1. The summed E-state index contributed by atoms with van der Waals surface area (Å²) < 4.78 is 18.0. The Morgan fingerprint density at radius 2 is 2.29 bits per heavy atom. The van der Waals surface area contributed by atoms with Gasteiger partial charge in [-0.25, -0.2) is 4.39 Å². The monoisotopic (exact) mass is 193 g/mol. The van der Waals surface area contributed by atoms with Gasteiger partial charge < -0.3 is 10.1 Å². The van der Waals surface area contributed by atoms with Gasteiger partial charge in [0.1, 0.15) is 5.82 Å². The van der Waals surface area contributed by atoms with E-state index in [1.54, 1.807) is 6.07 Å². The summed E-state index contributed by atoms with van der Waals surface area (Å²) in [6.07, 6.45) is 2.84. The van der Waals surface area contributed by atoms with Crippen LogP contribution in [0.1, 0.15) is 6.42 Å². The van der Waals surface area contributed by atoms with Crippen molar-refractivity contribution in [3.8, 4) is 0 Å². The maximum Gasteiger partial charge on any atom is 0.125 e. The Balaban J connectivity index is 2.06. The lowest BCUT2D eigenvalue weighted by Crippen LogP contribution is -2.10. The molecule has 1 aromatic rings. The van der Waals surface area contributed by atoms with E-state index >= 15 is 0 Å². The van der Waals surface area contributed by atoms with Gasteiger partial charge in [-0.1, -0.05) is 6.07 Å². The predicted molar refractivity (Wildman–Crippen MR) is 53.5 cm³/mol. The molecule has 1 aliphatic rings. The van der Waals surface area contributed by atoms with E-state index in [0.717, 1.165) is 24.4 Å². The summed E-state index contributed by atoms with van der Waals surface area (Å²) in [6, 6.07) is 6.46. The van der Waals surface area contributed by atoms with E-state index in [4.69, 9.17) is 4.74 Å². The molecule has 0 atom stereocenters. The Morgan fingerprint density at radius 1 is 1.36 bits per heavy atom. The number of hydrogen-bond donors (Lipinski definition) is 1. The lowest BCUT2D eigenvalue weighted by Gasteiger charge is -2.15. The fraction of sp³-hybridized carbons (Fsp3) is 0.273. The minimum atomic E-state index is -0.220. The van der Waals surface area contributed by atoms with Gasteiger partial charge in [-0.15, -0.1) is 0 Å². The first-order chi connectivity index (χ1) is 6.84. The van der Waals surface area contributed by atoms with Crippen LogP contribution in [-0.2, 0) is 4.74 Å². The summed E-state index contributed by atoms with van der Waals surface area (Å²) in [5.41, 5.74) is 1.89. The van der Waals surface area contributed by atoms with Crippen molar-refractivity contribution in [1.82, 2.24) is 0 Å². The molecule has 0 radical (unpaired) electrons. The summed E-state index contributed by atoms with van der Waals surface area (Å²) in [5.74, 6) is -0.220. The summed E-state index contributed by atoms with van der Waals surface area (Å²) in [5, 5.41) is 3.16. The fourth-order valence-corrected chi connectivity index (χ4v) is 1.39. The second kappa shape index (κ2) is 4.24. The molecule has 0 amide bonds. The van der Waals surface area contributed by atoms with E-state index in [0.29, 0.717) is 6.61 Å². The zero-order valence-electron chi connectivity index (χ0n) is 7.79. The molecule has 14 heavy (non-hydrogen) atoms. The highest BCUT2D eigenvalue weighted by Gasteiger charge is 2.03. The van der Waals surface area contributed by atoms with E-state index in [2.05, 4.69) is 5.32 Å². The van der Waals surface area contributed by atoms with Crippen molar-refractivity contribution in [3.63, 3.8) is 0 Å². The first-order valence-electron chi connectivity index (χ1n) is 4.64. The number of hydrogen-bond acceptors (Lipinski definition) is 2. The van der Waals surface area contributed by atoms with Crippen molar-refractivity contribution < 1.29 is 9.13 Å². The molecule has 0 unspecified atom stereocenters. The van der Waals surface area contributed by atoms with Crippen molar-refractivity contribution in [2.75, 3.05) is 18.5 Å². The van der Waals surface area contributed by atoms with Crippen molar-refractivity contribution in [3.05, 3.63) is 41.9 Å². The van der Waals surface area contributed by atoms with Crippen molar-refractivity contribution >= 4 is 5.69 Å². The molecule has 2 rings (SSSR count). The first-order valence-corrected chi connectivity index (χ1v) is 4.64. The Kier molecular flexibility index (Phi) is 2.79. The molecule has 0 saturated carbocycles. The van der Waals surface area contributed by atoms with Gasteiger partial charge in [-0.3, -0.25) is 0 Å². The van der Waals surface area contributed by atoms with Crippen molar-refractivity contribution in [2.45, 2.75) is 6.42 Å². The normalized spacial score (nSPS) is 16.2. The summed E-state index contributed by atoms with van der Waals surface area (Å²) in [6.45, 7) is 1.37. The molecule has 1 aromatic carbocycles. The third-order valence-electron chi connectivity index (χ3n) is 2.09. The molecule has 1 N–H and O–H groups in total. The Hall–Kier alpha value is -1.35. The number of halogens is 1. The molecule has 0 spiro atoms. The zero-order chi connectivity index (χ0) is 9.80. The highest BCUT2D eigenvalue weighted by atomic mass is 19.1. The molecule has 74 valence electrons. The average molecular weight is 193 g/mol. The largest absolute Gasteiger partial charge is 0.377 e. The Labute approximate surface area is 82.4 Å². The van der Waals surface area contributed by atoms with E-state index in [1.807, 2.05) is 12.1 Å². The lowest BCUT2D eigenvalue weighted by molar-refractivity contribution is 0.155. The van der Waals surface area contributed by atoms with Crippen LogP contribution in [0.3, 0.4) is 0 Å². The third kappa shape index (κ3) is 2.33. The van der Waals surface area contributed by atoms with Crippen molar-refractivity contribution in [1.29, 1.82) is 0 Å². The quantitative estimate of drug-likeness (QED) is 0.779. The van der Waals surface area contributed by atoms with Gasteiger partial charge >= 0.3 is 0 Å². The van der Waals surface area contributed by atoms with Gasteiger partial charge in [0.2, 0.25) is 0 Å². The van der Waals surface area contributed by atoms with Crippen molar-refractivity contribution in [2.24, 2.45) is 0 Å². The smallest absolute Gasteiger partial charge is 0.125 e. The standard InChI is InChI=1S/C11H12FNO/c12-9-2-1-3-11(8-9)13-10-4-6-14-7-5-10/h1-4,8,13H,5-7H2. The highest BCUT2D eigenvalue weighted by Crippen LogP contribution is 2.15. The molecule has 1 heterocycles. The predicted octanol–water partition coefficient (Wildman–Crippen LogP) is 2.54. The molecule has 0 fully saturated rings. The second-order valence-electron chi connectivity index (χ2n) is 3.19. The third-order valence-corrected chi connectivity index (χ3v) is 2.09. The van der Waals surface area contributed by atoms with Crippen LogP contribution in [-0.4, -0.2) is 13.2 Å². The van der Waals surface area contributed by atoms with Gasteiger partial charge in [0.25, 0.3) is 0 Å². The molecule has 0 bridgehead atoms. The van der Waals surface area contributed by atoms with E-state index < -0.39 is 0 Å². The molecule has 0 saturated heterocycles. The maximum atomic E-state index is 12.8. The van der Waals surface area contributed by atoms with E-state index in [1.165, 1.54) is 12.1 Å². The number of rotatable bonds is 2. The van der Waals surface area contributed by atoms with Crippen LogP contribution in [0.2, 0.25) is 0 Å². The number of benzene rings is 1. The van der Waals surface area contributed by atoms with Gasteiger partial charge in [0, 0.05) is 17.8 Å². The fourth-order valence-electron chi connectivity index (χ4n) is 1.39. The van der Waals surface area contributed by atoms with Crippen LogP contribution >= 0.6 is 0 Å². The van der Waals surface area contributed by atoms with Gasteiger partial charge in [-0.2, -0.15) is 0 Å².